The maximum absolute atomic E-state index is 9.65. The molecule has 3 aromatic heterocycles. The Morgan fingerprint density at radius 2 is 2.07 bits per heavy atom. The van der Waals surface area contributed by atoms with E-state index in [1.54, 1.807) is 19.2 Å². The zero-order valence-electron chi connectivity index (χ0n) is 15.5. The molecule has 30 heavy (non-hydrogen) atoms. The van der Waals surface area contributed by atoms with Crippen LogP contribution in [-0.4, -0.2) is 35.6 Å². The van der Waals surface area contributed by atoms with E-state index in [2.05, 4.69) is 35.9 Å². The van der Waals surface area contributed by atoms with E-state index >= 15 is 0 Å². The van der Waals surface area contributed by atoms with Gasteiger partial charge in [-0.05, 0) is 42.8 Å². The molecular weight excluding hydrogens is 426 g/mol. The van der Waals surface area contributed by atoms with Crippen LogP contribution in [0.5, 0.6) is 0 Å². The monoisotopic (exact) mass is 439 g/mol. The highest BCUT2D eigenvalue weighted by Crippen LogP contribution is 2.35. The van der Waals surface area contributed by atoms with Gasteiger partial charge < -0.3 is 14.9 Å². The van der Waals surface area contributed by atoms with Gasteiger partial charge in [0.2, 0.25) is 5.13 Å². The van der Waals surface area contributed by atoms with E-state index in [-0.39, 0.29) is 6.61 Å². The Morgan fingerprint density at radius 1 is 1.20 bits per heavy atom. The van der Waals surface area contributed by atoms with Crippen LogP contribution in [0.2, 0.25) is 5.02 Å². The van der Waals surface area contributed by atoms with Crippen LogP contribution in [0.25, 0.3) is 32.9 Å². The molecule has 0 amide bonds. The molecule has 0 bridgehead atoms. The first-order valence-electron chi connectivity index (χ1n) is 8.88. The number of aryl methyl sites for hydroxylation is 1. The number of halogens is 1. The number of H-pyrrole nitrogens is 1. The van der Waals surface area contributed by atoms with E-state index in [1.807, 2.05) is 24.3 Å². The summed E-state index contributed by atoms with van der Waals surface area (Å²) >= 11 is 7.83. The first-order chi connectivity index (χ1) is 14.6. The SMILES string of the molecule is Cc1noc(-c2cc(CO)cc(-c3nnc(Nc4ccc5[nH]ncc5c4Cl)s3)c2)n1. The quantitative estimate of drug-likeness (QED) is 0.369. The van der Waals surface area contributed by atoms with E-state index in [4.69, 9.17) is 16.1 Å². The Balaban J connectivity index is 1.48. The second-order valence-electron chi connectivity index (χ2n) is 6.52. The third-order valence-electron chi connectivity index (χ3n) is 4.42. The van der Waals surface area contributed by atoms with E-state index in [0.29, 0.717) is 43.7 Å². The third-order valence-corrected chi connectivity index (χ3v) is 5.72. The summed E-state index contributed by atoms with van der Waals surface area (Å²) in [5.41, 5.74) is 3.76. The van der Waals surface area contributed by atoms with Gasteiger partial charge in [-0.2, -0.15) is 10.1 Å². The maximum Gasteiger partial charge on any atom is 0.257 e. The number of hydrogen-bond acceptors (Lipinski definition) is 9. The van der Waals surface area contributed by atoms with Gasteiger partial charge in [0, 0.05) is 16.5 Å². The zero-order valence-corrected chi connectivity index (χ0v) is 17.1. The van der Waals surface area contributed by atoms with Crippen LogP contribution in [0.3, 0.4) is 0 Å². The minimum absolute atomic E-state index is 0.127. The number of aliphatic hydroxyl groups excluding tert-OH is 1. The number of aromatic amines is 1. The van der Waals surface area contributed by atoms with Crippen molar-refractivity contribution in [2.24, 2.45) is 0 Å². The molecule has 0 atom stereocenters. The number of hydrogen-bond donors (Lipinski definition) is 3. The number of nitrogens with one attached hydrogen (secondary N) is 2. The van der Waals surface area contributed by atoms with Crippen LogP contribution in [0.1, 0.15) is 11.4 Å². The lowest BCUT2D eigenvalue weighted by molar-refractivity contribution is 0.282. The topological polar surface area (TPSA) is 126 Å². The van der Waals surface area contributed by atoms with E-state index in [0.717, 1.165) is 16.5 Å². The molecule has 9 nitrogen and oxygen atoms in total. The molecule has 0 radical (unpaired) electrons. The number of nitrogens with zero attached hydrogens (tertiary/aromatic N) is 5. The highest BCUT2D eigenvalue weighted by molar-refractivity contribution is 7.18. The van der Waals surface area contributed by atoms with Crippen molar-refractivity contribution in [1.82, 2.24) is 30.5 Å². The van der Waals surface area contributed by atoms with Gasteiger partial charge in [0.1, 0.15) is 5.01 Å². The van der Waals surface area contributed by atoms with Gasteiger partial charge in [-0.1, -0.05) is 28.1 Å². The second-order valence-corrected chi connectivity index (χ2v) is 7.87. The van der Waals surface area contributed by atoms with Gasteiger partial charge in [-0.15, -0.1) is 10.2 Å². The number of aliphatic hydroxyl groups is 1. The minimum atomic E-state index is -0.127. The molecule has 5 aromatic rings. The molecule has 11 heteroatoms. The smallest absolute Gasteiger partial charge is 0.257 e. The molecule has 5 rings (SSSR count). The molecule has 3 heterocycles. The highest BCUT2D eigenvalue weighted by Gasteiger charge is 2.14. The number of anilines is 2. The molecule has 0 saturated heterocycles. The Morgan fingerprint density at radius 3 is 2.87 bits per heavy atom. The van der Waals surface area contributed by atoms with Crippen molar-refractivity contribution in [3.05, 3.63) is 52.9 Å². The van der Waals surface area contributed by atoms with Gasteiger partial charge in [0.15, 0.2) is 5.82 Å². The lowest BCUT2D eigenvalue weighted by Gasteiger charge is -2.05. The fourth-order valence-electron chi connectivity index (χ4n) is 3.03. The summed E-state index contributed by atoms with van der Waals surface area (Å²) in [5.74, 6) is 0.918. The lowest BCUT2D eigenvalue weighted by atomic mass is 10.1. The number of aromatic nitrogens is 6. The van der Waals surface area contributed by atoms with Gasteiger partial charge in [-0.25, -0.2) is 0 Å². The van der Waals surface area contributed by atoms with Crippen LogP contribution < -0.4 is 5.32 Å². The first kappa shape index (κ1) is 18.7. The predicted octanol–water partition coefficient (Wildman–Crippen LogP) is 4.33. The third kappa shape index (κ3) is 3.41. The van der Waals surface area contributed by atoms with Crippen LogP contribution in [0, 0.1) is 6.92 Å². The molecule has 0 aliphatic rings. The number of benzene rings is 2. The molecule has 0 fully saturated rings. The summed E-state index contributed by atoms with van der Waals surface area (Å²) < 4.78 is 5.26. The van der Waals surface area contributed by atoms with E-state index < -0.39 is 0 Å². The maximum atomic E-state index is 9.65. The summed E-state index contributed by atoms with van der Waals surface area (Å²) in [6, 6.07) is 9.27. The molecule has 0 aliphatic heterocycles. The highest BCUT2D eigenvalue weighted by atomic mass is 35.5. The van der Waals surface area contributed by atoms with Gasteiger partial charge in [0.25, 0.3) is 5.89 Å². The Hall–Kier alpha value is -3.34. The van der Waals surface area contributed by atoms with Crippen molar-refractivity contribution in [1.29, 1.82) is 0 Å². The molecule has 0 spiro atoms. The van der Waals surface area contributed by atoms with Crippen LogP contribution >= 0.6 is 22.9 Å². The molecule has 150 valence electrons. The van der Waals surface area contributed by atoms with Crippen molar-refractivity contribution in [2.45, 2.75) is 13.5 Å². The summed E-state index contributed by atoms with van der Waals surface area (Å²) in [6.07, 6.45) is 1.68. The van der Waals surface area contributed by atoms with Crippen molar-refractivity contribution in [3.8, 4) is 22.0 Å². The van der Waals surface area contributed by atoms with Crippen molar-refractivity contribution in [3.63, 3.8) is 0 Å². The Labute approximate surface area is 178 Å². The van der Waals surface area contributed by atoms with Gasteiger partial charge in [-0.3, -0.25) is 5.10 Å². The Kier molecular flexibility index (Phi) is 4.66. The predicted molar refractivity (Wildman–Crippen MR) is 114 cm³/mol. The fraction of sp³-hybridized carbons (Fsp3) is 0.105. The van der Waals surface area contributed by atoms with Crippen LogP contribution in [0.4, 0.5) is 10.8 Å². The van der Waals surface area contributed by atoms with Crippen molar-refractivity contribution >= 4 is 44.7 Å². The lowest BCUT2D eigenvalue weighted by Crippen LogP contribution is -1.90. The first-order valence-corrected chi connectivity index (χ1v) is 10.1. The number of rotatable bonds is 5. The summed E-state index contributed by atoms with van der Waals surface area (Å²) in [5, 5.41) is 34.7. The average Bonchev–Trinajstić information content (AvgIpc) is 3.50. The van der Waals surface area contributed by atoms with E-state index in [1.165, 1.54) is 11.3 Å². The second kappa shape index (κ2) is 7.48. The summed E-state index contributed by atoms with van der Waals surface area (Å²) in [4.78, 5) is 4.26. The molecule has 0 saturated carbocycles. The molecule has 0 unspecified atom stereocenters. The van der Waals surface area contributed by atoms with Crippen molar-refractivity contribution in [2.75, 3.05) is 5.32 Å². The van der Waals surface area contributed by atoms with Crippen molar-refractivity contribution < 1.29 is 9.63 Å². The summed E-state index contributed by atoms with van der Waals surface area (Å²) in [7, 11) is 0. The standard InChI is InChI=1S/C19H14ClN7O2S/c1-9-22-17(29-27-9)11-4-10(8-28)5-12(6-11)18-25-26-19(30-18)23-15-3-2-14-13(16(15)20)7-21-24-14/h2-7,28H,8H2,1H3,(H,21,24)(H,23,26). The molecule has 0 aliphatic carbocycles. The number of fused-ring (bicyclic) bond motifs is 1. The van der Waals surface area contributed by atoms with Crippen LogP contribution in [0.15, 0.2) is 41.1 Å². The molecule has 3 N–H and O–H groups in total. The fourth-order valence-corrected chi connectivity index (χ4v) is 4.03. The van der Waals surface area contributed by atoms with E-state index in [9.17, 15) is 5.11 Å². The average molecular weight is 440 g/mol. The van der Waals surface area contributed by atoms with Gasteiger partial charge >= 0.3 is 0 Å². The largest absolute Gasteiger partial charge is 0.392 e. The van der Waals surface area contributed by atoms with Gasteiger partial charge in [0.05, 0.1) is 29.0 Å². The molecule has 2 aromatic carbocycles. The normalized spacial score (nSPS) is 11.3. The Bertz CT molecular complexity index is 1360. The van der Waals surface area contributed by atoms with Crippen LogP contribution in [-0.2, 0) is 6.61 Å². The summed E-state index contributed by atoms with van der Waals surface area (Å²) in [6.45, 7) is 1.62. The zero-order chi connectivity index (χ0) is 20.7. The minimum Gasteiger partial charge on any atom is -0.392 e. The molecular formula is C19H14ClN7O2S.